The highest BCUT2D eigenvalue weighted by Gasteiger charge is 2.22. The summed E-state index contributed by atoms with van der Waals surface area (Å²) in [4.78, 5) is 29.3. The van der Waals surface area contributed by atoms with Crippen molar-refractivity contribution in [3.63, 3.8) is 0 Å². The second-order valence-corrected chi connectivity index (χ2v) is 6.66. The van der Waals surface area contributed by atoms with Crippen molar-refractivity contribution in [2.45, 2.75) is 26.0 Å². The van der Waals surface area contributed by atoms with Gasteiger partial charge in [0.2, 0.25) is 5.91 Å². The third kappa shape index (κ3) is 6.46. The zero-order valence-corrected chi connectivity index (χ0v) is 16.2. The second kappa shape index (κ2) is 10.0. The standard InChI is InChI=1S/C23H23N3O3/c1-17-12-13-24-21(14-17)26-22(27)20(15-18-8-4-2-5-9-18)25-23(28)29-16-19-10-6-3-7-11-19/h2-14,20H,15-16H2,1H3,(H,25,28)(H,24,26,27). The molecule has 0 aliphatic heterocycles. The number of rotatable bonds is 7. The number of aryl methyl sites for hydroxylation is 1. The first-order valence-electron chi connectivity index (χ1n) is 9.35. The highest BCUT2D eigenvalue weighted by Crippen LogP contribution is 2.09. The highest BCUT2D eigenvalue weighted by atomic mass is 16.5. The molecule has 1 heterocycles. The van der Waals surface area contributed by atoms with Crippen LogP contribution in [0.5, 0.6) is 0 Å². The molecule has 0 aliphatic rings. The lowest BCUT2D eigenvalue weighted by atomic mass is 10.1. The number of pyridine rings is 1. The number of alkyl carbamates (subject to hydrolysis) is 1. The fraction of sp³-hybridized carbons (Fsp3) is 0.174. The van der Waals surface area contributed by atoms with Crippen LogP contribution in [0.4, 0.5) is 10.6 Å². The molecule has 0 saturated heterocycles. The van der Waals surface area contributed by atoms with E-state index in [0.29, 0.717) is 12.2 Å². The fourth-order valence-electron chi connectivity index (χ4n) is 2.78. The normalized spacial score (nSPS) is 11.3. The second-order valence-electron chi connectivity index (χ2n) is 6.66. The summed E-state index contributed by atoms with van der Waals surface area (Å²) in [6, 6.07) is 21.7. The molecule has 6 heteroatoms. The molecule has 3 rings (SSSR count). The Morgan fingerprint density at radius 3 is 2.28 bits per heavy atom. The van der Waals surface area contributed by atoms with Crippen LogP contribution in [0.3, 0.4) is 0 Å². The summed E-state index contributed by atoms with van der Waals surface area (Å²) in [7, 11) is 0. The van der Waals surface area contributed by atoms with E-state index in [1.54, 1.807) is 12.3 Å². The lowest BCUT2D eigenvalue weighted by Crippen LogP contribution is -2.45. The molecule has 0 radical (unpaired) electrons. The molecule has 2 N–H and O–H groups in total. The van der Waals surface area contributed by atoms with Crippen LogP contribution >= 0.6 is 0 Å². The minimum atomic E-state index is -0.803. The molecule has 6 nitrogen and oxygen atoms in total. The number of benzene rings is 2. The van der Waals surface area contributed by atoms with Gasteiger partial charge >= 0.3 is 6.09 Å². The van der Waals surface area contributed by atoms with Crippen molar-refractivity contribution >= 4 is 17.8 Å². The first-order chi connectivity index (χ1) is 14.1. The van der Waals surface area contributed by atoms with Crippen LogP contribution in [0.1, 0.15) is 16.7 Å². The monoisotopic (exact) mass is 389 g/mol. The number of carbonyl (C=O) groups is 2. The molecule has 148 valence electrons. The minimum absolute atomic E-state index is 0.131. The van der Waals surface area contributed by atoms with Crippen LogP contribution < -0.4 is 10.6 Å². The summed E-state index contributed by atoms with van der Waals surface area (Å²) in [5, 5.41) is 5.43. The maximum absolute atomic E-state index is 12.8. The van der Waals surface area contributed by atoms with Crippen LogP contribution in [0, 0.1) is 6.92 Å². The molecule has 0 bridgehead atoms. The number of carbonyl (C=O) groups excluding carboxylic acids is 2. The molecule has 2 aromatic carbocycles. The van der Waals surface area contributed by atoms with E-state index in [4.69, 9.17) is 4.74 Å². The van der Waals surface area contributed by atoms with E-state index in [1.807, 2.05) is 73.7 Å². The molecule has 29 heavy (non-hydrogen) atoms. The van der Waals surface area contributed by atoms with Gasteiger partial charge in [-0.2, -0.15) is 0 Å². The van der Waals surface area contributed by atoms with Crippen LogP contribution in [0.2, 0.25) is 0 Å². The number of aromatic nitrogens is 1. The number of hydrogen-bond acceptors (Lipinski definition) is 4. The average Bonchev–Trinajstić information content (AvgIpc) is 2.73. The molecular formula is C23H23N3O3. The van der Waals surface area contributed by atoms with E-state index in [-0.39, 0.29) is 12.5 Å². The molecule has 0 spiro atoms. The number of anilines is 1. The summed E-state index contributed by atoms with van der Waals surface area (Å²) < 4.78 is 5.27. The quantitative estimate of drug-likeness (QED) is 0.643. The van der Waals surface area contributed by atoms with Gasteiger partial charge in [-0.3, -0.25) is 4.79 Å². The van der Waals surface area contributed by atoms with Crippen molar-refractivity contribution in [3.05, 3.63) is 95.7 Å². The Kier molecular flexibility index (Phi) is 6.95. The van der Waals surface area contributed by atoms with Gasteiger partial charge in [0.15, 0.2) is 0 Å². The predicted molar refractivity (Wildman–Crippen MR) is 111 cm³/mol. The molecule has 0 fully saturated rings. The Morgan fingerprint density at radius 1 is 0.966 bits per heavy atom. The van der Waals surface area contributed by atoms with E-state index in [1.165, 1.54) is 0 Å². The van der Waals surface area contributed by atoms with Crippen molar-refractivity contribution in [3.8, 4) is 0 Å². The van der Waals surface area contributed by atoms with Gasteiger partial charge in [0.1, 0.15) is 18.5 Å². The summed E-state index contributed by atoms with van der Waals surface area (Å²) in [5.41, 5.74) is 2.77. The summed E-state index contributed by atoms with van der Waals surface area (Å²) in [5.74, 6) is 0.0797. The molecule has 3 aromatic rings. The topological polar surface area (TPSA) is 80.3 Å². The molecule has 0 aliphatic carbocycles. The summed E-state index contributed by atoms with van der Waals surface area (Å²) in [6.07, 6.45) is 1.31. The number of amides is 2. The van der Waals surface area contributed by atoms with E-state index in [2.05, 4.69) is 15.6 Å². The van der Waals surface area contributed by atoms with Crippen molar-refractivity contribution in [1.82, 2.24) is 10.3 Å². The van der Waals surface area contributed by atoms with Gasteiger partial charge in [-0.25, -0.2) is 9.78 Å². The van der Waals surface area contributed by atoms with Crippen molar-refractivity contribution in [2.24, 2.45) is 0 Å². The van der Waals surface area contributed by atoms with Crippen molar-refractivity contribution < 1.29 is 14.3 Å². The summed E-state index contributed by atoms with van der Waals surface area (Å²) in [6.45, 7) is 2.05. The van der Waals surface area contributed by atoms with E-state index in [9.17, 15) is 9.59 Å². The highest BCUT2D eigenvalue weighted by molar-refractivity contribution is 5.96. The molecule has 2 amide bonds. The zero-order valence-electron chi connectivity index (χ0n) is 16.2. The van der Waals surface area contributed by atoms with E-state index < -0.39 is 12.1 Å². The van der Waals surface area contributed by atoms with Gasteiger partial charge in [0.05, 0.1) is 0 Å². The lowest BCUT2D eigenvalue weighted by molar-refractivity contribution is -0.118. The lowest BCUT2D eigenvalue weighted by Gasteiger charge is -2.18. The summed E-state index contributed by atoms with van der Waals surface area (Å²) >= 11 is 0. The van der Waals surface area contributed by atoms with Crippen LogP contribution in [0.25, 0.3) is 0 Å². The Labute approximate surface area is 169 Å². The van der Waals surface area contributed by atoms with Crippen LogP contribution in [-0.2, 0) is 22.6 Å². The minimum Gasteiger partial charge on any atom is -0.445 e. The molecule has 1 unspecified atom stereocenters. The van der Waals surface area contributed by atoms with Gasteiger partial charge in [-0.15, -0.1) is 0 Å². The average molecular weight is 389 g/mol. The van der Waals surface area contributed by atoms with Crippen molar-refractivity contribution in [2.75, 3.05) is 5.32 Å². The van der Waals surface area contributed by atoms with Gasteiger partial charge in [-0.05, 0) is 35.7 Å². The van der Waals surface area contributed by atoms with Gasteiger partial charge in [-0.1, -0.05) is 60.7 Å². The molecule has 1 atom stereocenters. The third-order valence-corrected chi connectivity index (χ3v) is 4.27. The maximum atomic E-state index is 12.8. The van der Waals surface area contributed by atoms with Gasteiger partial charge in [0.25, 0.3) is 0 Å². The predicted octanol–water partition coefficient (Wildman–Crippen LogP) is 3.87. The van der Waals surface area contributed by atoms with Gasteiger partial charge in [0, 0.05) is 12.6 Å². The number of hydrogen-bond donors (Lipinski definition) is 2. The Bertz CT molecular complexity index is 946. The Hall–Kier alpha value is -3.67. The number of nitrogens with one attached hydrogen (secondary N) is 2. The maximum Gasteiger partial charge on any atom is 0.408 e. The number of ether oxygens (including phenoxy) is 1. The van der Waals surface area contributed by atoms with Crippen molar-refractivity contribution in [1.29, 1.82) is 0 Å². The van der Waals surface area contributed by atoms with E-state index >= 15 is 0 Å². The number of nitrogens with zero attached hydrogens (tertiary/aromatic N) is 1. The SMILES string of the molecule is Cc1ccnc(NC(=O)C(Cc2ccccc2)NC(=O)OCc2ccccc2)c1. The zero-order chi connectivity index (χ0) is 20.5. The first kappa shape index (κ1) is 20.1. The fourth-order valence-corrected chi connectivity index (χ4v) is 2.78. The Morgan fingerprint density at radius 2 is 1.62 bits per heavy atom. The molecule has 0 saturated carbocycles. The molecular weight excluding hydrogens is 366 g/mol. The van der Waals surface area contributed by atoms with Crippen LogP contribution in [-0.4, -0.2) is 23.0 Å². The van der Waals surface area contributed by atoms with Gasteiger partial charge < -0.3 is 15.4 Å². The van der Waals surface area contributed by atoms with E-state index in [0.717, 1.165) is 16.7 Å². The molecule has 1 aromatic heterocycles. The van der Waals surface area contributed by atoms with Crippen LogP contribution in [0.15, 0.2) is 79.0 Å². The first-order valence-corrected chi connectivity index (χ1v) is 9.35. The smallest absolute Gasteiger partial charge is 0.408 e. The third-order valence-electron chi connectivity index (χ3n) is 4.27. The largest absolute Gasteiger partial charge is 0.445 e. The Balaban J connectivity index is 1.66.